The van der Waals surface area contributed by atoms with Crippen molar-refractivity contribution < 1.29 is 9.59 Å². The first-order valence-electron chi connectivity index (χ1n) is 8.24. The van der Waals surface area contributed by atoms with Gasteiger partial charge in [0.1, 0.15) is 11.2 Å². The van der Waals surface area contributed by atoms with E-state index in [4.69, 9.17) is 5.73 Å². The Kier molecular flexibility index (Phi) is 4.80. The van der Waals surface area contributed by atoms with Crippen molar-refractivity contribution in [3.8, 4) is 0 Å². The number of amides is 2. The van der Waals surface area contributed by atoms with Crippen molar-refractivity contribution in [2.75, 3.05) is 19.6 Å². The van der Waals surface area contributed by atoms with Crippen molar-refractivity contribution in [2.45, 2.75) is 25.8 Å². The van der Waals surface area contributed by atoms with Crippen molar-refractivity contribution in [3.05, 3.63) is 39.8 Å². The Balaban J connectivity index is 1.69. The molecular weight excluding hydrogens is 322 g/mol. The van der Waals surface area contributed by atoms with E-state index in [2.05, 4.69) is 15.3 Å². The van der Waals surface area contributed by atoms with E-state index in [0.29, 0.717) is 37.0 Å². The van der Waals surface area contributed by atoms with Crippen LogP contribution in [0.3, 0.4) is 0 Å². The lowest BCUT2D eigenvalue weighted by atomic mass is 10.0. The molecule has 132 valence electrons. The van der Waals surface area contributed by atoms with Gasteiger partial charge in [0, 0.05) is 31.0 Å². The predicted octanol–water partition coefficient (Wildman–Crippen LogP) is -0.0890. The smallest absolute Gasteiger partial charge is 0.256 e. The highest BCUT2D eigenvalue weighted by Gasteiger charge is 2.23. The van der Waals surface area contributed by atoms with Gasteiger partial charge in [0.05, 0.1) is 11.9 Å². The number of likely N-dealkylation sites (tertiary alicyclic amines) is 1. The molecule has 0 saturated carbocycles. The summed E-state index contributed by atoms with van der Waals surface area (Å²) in [6.45, 7) is 3.44. The molecule has 0 unspecified atom stereocenters. The lowest BCUT2D eigenvalue weighted by Crippen LogP contribution is -2.47. The van der Waals surface area contributed by atoms with Gasteiger partial charge >= 0.3 is 0 Å². The number of nitrogens with one attached hydrogen (secondary N) is 2. The molecule has 0 radical (unpaired) electrons. The summed E-state index contributed by atoms with van der Waals surface area (Å²) in [5.41, 5.74) is 6.21. The highest BCUT2D eigenvalue weighted by atomic mass is 16.2. The third-order valence-corrected chi connectivity index (χ3v) is 4.42. The molecule has 25 heavy (non-hydrogen) atoms. The number of piperidine rings is 1. The number of nitrogens with zero attached hydrogens (tertiary/aromatic N) is 2. The molecule has 0 aliphatic carbocycles. The molecule has 1 aliphatic heterocycles. The van der Waals surface area contributed by atoms with Crippen molar-refractivity contribution in [2.24, 2.45) is 5.73 Å². The van der Waals surface area contributed by atoms with E-state index in [0.717, 1.165) is 5.69 Å². The number of pyridine rings is 2. The Hall–Kier alpha value is -2.74. The van der Waals surface area contributed by atoms with Crippen LogP contribution in [-0.2, 0) is 4.79 Å². The van der Waals surface area contributed by atoms with Crippen molar-refractivity contribution >= 4 is 22.8 Å². The van der Waals surface area contributed by atoms with E-state index in [1.165, 1.54) is 6.20 Å². The minimum Gasteiger partial charge on any atom is -0.369 e. The zero-order valence-electron chi connectivity index (χ0n) is 14.0. The lowest BCUT2D eigenvalue weighted by Gasteiger charge is -2.31. The molecular formula is C17H21N5O3. The molecule has 8 nitrogen and oxygen atoms in total. The average molecular weight is 343 g/mol. The molecule has 0 bridgehead atoms. The van der Waals surface area contributed by atoms with E-state index < -0.39 is 5.91 Å². The maximum absolute atomic E-state index is 12.5. The van der Waals surface area contributed by atoms with Crippen LogP contribution >= 0.6 is 0 Å². The van der Waals surface area contributed by atoms with Gasteiger partial charge in [-0.1, -0.05) is 0 Å². The quantitative estimate of drug-likeness (QED) is 0.716. The first-order chi connectivity index (χ1) is 11.9. The van der Waals surface area contributed by atoms with Crippen LogP contribution in [0.2, 0.25) is 0 Å². The van der Waals surface area contributed by atoms with Crippen molar-refractivity contribution in [1.82, 2.24) is 20.2 Å². The molecule has 0 spiro atoms. The fourth-order valence-electron chi connectivity index (χ4n) is 3.09. The van der Waals surface area contributed by atoms with Crippen LogP contribution in [0, 0.1) is 6.92 Å². The summed E-state index contributed by atoms with van der Waals surface area (Å²) in [5, 5.41) is 3.30. The summed E-state index contributed by atoms with van der Waals surface area (Å²) in [5.74, 6) is -0.744. The van der Waals surface area contributed by atoms with Crippen LogP contribution < -0.4 is 16.5 Å². The van der Waals surface area contributed by atoms with Gasteiger partial charge in [0.25, 0.3) is 5.91 Å². The number of nitrogens with two attached hydrogens (primary N) is 1. The fraction of sp³-hybridized carbons (Fsp3) is 0.412. The predicted molar refractivity (Wildman–Crippen MR) is 93.2 cm³/mol. The van der Waals surface area contributed by atoms with Gasteiger partial charge in [0.2, 0.25) is 11.3 Å². The summed E-state index contributed by atoms with van der Waals surface area (Å²) in [6.07, 6.45) is 2.84. The SMILES string of the molecule is Cc1ccc2c(=O)c(C(=O)NC3CCN(CC(N)=O)CC3)c[nH]c2n1. The second-order valence-corrected chi connectivity index (χ2v) is 6.37. The highest BCUT2D eigenvalue weighted by molar-refractivity contribution is 5.96. The molecule has 2 amide bonds. The number of primary amides is 1. The molecule has 2 aromatic heterocycles. The van der Waals surface area contributed by atoms with Crippen LogP contribution in [0.15, 0.2) is 23.1 Å². The molecule has 1 aliphatic rings. The first-order valence-corrected chi connectivity index (χ1v) is 8.24. The van der Waals surface area contributed by atoms with Gasteiger partial charge in [-0.05, 0) is 31.9 Å². The number of hydrogen-bond donors (Lipinski definition) is 3. The molecule has 0 aromatic carbocycles. The van der Waals surface area contributed by atoms with Crippen LogP contribution in [0.4, 0.5) is 0 Å². The summed E-state index contributed by atoms with van der Waals surface area (Å²) >= 11 is 0. The summed E-state index contributed by atoms with van der Waals surface area (Å²) in [6, 6.07) is 3.39. The van der Waals surface area contributed by atoms with Crippen molar-refractivity contribution in [1.29, 1.82) is 0 Å². The Morgan fingerprint density at radius 3 is 2.76 bits per heavy atom. The molecule has 8 heteroatoms. The summed E-state index contributed by atoms with van der Waals surface area (Å²) in [7, 11) is 0. The number of H-pyrrole nitrogens is 1. The number of fused-ring (bicyclic) bond motifs is 1. The molecule has 3 heterocycles. The largest absolute Gasteiger partial charge is 0.369 e. The number of carbonyl (C=O) groups excluding carboxylic acids is 2. The zero-order valence-corrected chi connectivity index (χ0v) is 14.0. The third-order valence-electron chi connectivity index (χ3n) is 4.42. The monoisotopic (exact) mass is 343 g/mol. The summed E-state index contributed by atoms with van der Waals surface area (Å²) in [4.78, 5) is 45.1. The van der Waals surface area contributed by atoms with Crippen LogP contribution in [0.1, 0.15) is 28.9 Å². The highest BCUT2D eigenvalue weighted by Crippen LogP contribution is 2.11. The van der Waals surface area contributed by atoms with E-state index in [1.807, 2.05) is 11.8 Å². The minimum atomic E-state index is -0.392. The molecule has 3 rings (SSSR count). The summed E-state index contributed by atoms with van der Waals surface area (Å²) < 4.78 is 0. The zero-order chi connectivity index (χ0) is 18.0. The second kappa shape index (κ2) is 7.02. The van der Waals surface area contributed by atoms with Gasteiger partial charge in [-0.25, -0.2) is 4.98 Å². The topological polar surface area (TPSA) is 121 Å². The standard InChI is InChI=1S/C17H21N5O3/c1-10-2-3-12-15(24)13(8-19-16(12)20-10)17(25)21-11-4-6-22(7-5-11)9-14(18)23/h2-3,8,11H,4-7,9H2,1H3,(H2,18,23)(H,21,25)(H,19,20,24). The van der Waals surface area contributed by atoms with Gasteiger partial charge in [-0.3, -0.25) is 19.3 Å². The van der Waals surface area contributed by atoms with Crippen LogP contribution in [0.25, 0.3) is 11.0 Å². The number of aromatic nitrogens is 2. The number of carbonyl (C=O) groups is 2. The fourth-order valence-corrected chi connectivity index (χ4v) is 3.09. The van der Waals surface area contributed by atoms with E-state index in [1.54, 1.807) is 12.1 Å². The van der Waals surface area contributed by atoms with E-state index >= 15 is 0 Å². The number of rotatable bonds is 4. The Labute approximate surface area is 144 Å². The third kappa shape index (κ3) is 3.85. The second-order valence-electron chi connectivity index (χ2n) is 6.37. The number of aryl methyl sites for hydroxylation is 1. The van der Waals surface area contributed by atoms with Gasteiger partial charge in [0.15, 0.2) is 0 Å². The number of aromatic amines is 1. The lowest BCUT2D eigenvalue weighted by molar-refractivity contribution is -0.119. The Bertz CT molecular complexity index is 868. The molecule has 2 aromatic rings. The Morgan fingerprint density at radius 2 is 2.08 bits per heavy atom. The Morgan fingerprint density at radius 1 is 1.36 bits per heavy atom. The first kappa shape index (κ1) is 17.1. The molecule has 0 atom stereocenters. The van der Waals surface area contributed by atoms with Gasteiger partial charge in [-0.15, -0.1) is 0 Å². The van der Waals surface area contributed by atoms with E-state index in [-0.39, 0.29) is 29.5 Å². The maximum atomic E-state index is 12.5. The van der Waals surface area contributed by atoms with Crippen LogP contribution in [0.5, 0.6) is 0 Å². The van der Waals surface area contributed by atoms with Crippen LogP contribution in [-0.4, -0.2) is 52.4 Å². The minimum absolute atomic E-state index is 0.0251. The van der Waals surface area contributed by atoms with E-state index in [9.17, 15) is 14.4 Å². The normalized spacial score (nSPS) is 16.0. The molecule has 1 fully saturated rings. The maximum Gasteiger partial charge on any atom is 0.256 e. The van der Waals surface area contributed by atoms with Gasteiger partial charge < -0.3 is 16.0 Å². The number of hydrogen-bond acceptors (Lipinski definition) is 5. The average Bonchev–Trinajstić information content (AvgIpc) is 2.56. The molecule has 1 saturated heterocycles. The molecule has 4 N–H and O–H groups in total. The van der Waals surface area contributed by atoms with Crippen molar-refractivity contribution in [3.63, 3.8) is 0 Å². The van der Waals surface area contributed by atoms with Gasteiger partial charge in [-0.2, -0.15) is 0 Å².